The molecule has 0 atom stereocenters. The molecule has 82 valence electrons. The molecule has 0 fully saturated rings. The molecule has 0 aliphatic carbocycles. The van der Waals surface area contributed by atoms with Crippen LogP contribution in [0, 0.1) is 0 Å². The molecule has 4 heteroatoms. The van der Waals surface area contributed by atoms with Crippen LogP contribution in [-0.2, 0) is 0 Å². The summed E-state index contributed by atoms with van der Waals surface area (Å²) in [5.41, 5.74) is 0.482. The molecule has 0 radical (unpaired) electrons. The van der Waals surface area contributed by atoms with Crippen LogP contribution in [0.25, 0.3) is 0 Å². The Morgan fingerprint density at radius 1 is 1.13 bits per heavy atom. The summed E-state index contributed by atoms with van der Waals surface area (Å²) in [5.74, 6) is 0.774. The molecule has 0 aromatic heterocycles. The van der Waals surface area contributed by atoms with Crippen LogP contribution in [0.2, 0.25) is 0 Å². The van der Waals surface area contributed by atoms with Gasteiger partial charge in [-0.05, 0) is 24.0 Å². The highest BCUT2D eigenvalue weighted by Crippen LogP contribution is 2.08. The second-order valence-corrected chi connectivity index (χ2v) is 3.50. The molecule has 0 aliphatic heterocycles. The van der Waals surface area contributed by atoms with Crippen molar-refractivity contribution < 1.29 is 14.8 Å². The van der Waals surface area contributed by atoms with Gasteiger partial charge in [0.1, 0.15) is 5.75 Å². The lowest BCUT2D eigenvalue weighted by Crippen LogP contribution is -2.29. The summed E-state index contributed by atoms with van der Waals surface area (Å²) >= 11 is 0. The summed E-state index contributed by atoms with van der Waals surface area (Å²) in [6, 6.07) is 6.81. The Bertz CT molecular complexity index is 272. The summed E-state index contributed by atoms with van der Waals surface area (Å²) < 4.78 is 5.48. The van der Waals surface area contributed by atoms with Gasteiger partial charge >= 0.3 is 7.12 Å². The van der Waals surface area contributed by atoms with Crippen LogP contribution in [0.15, 0.2) is 24.3 Å². The van der Waals surface area contributed by atoms with E-state index in [-0.39, 0.29) is 0 Å². The van der Waals surface area contributed by atoms with E-state index in [2.05, 4.69) is 6.92 Å². The van der Waals surface area contributed by atoms with E-state index >= 15 is 0 Å². The first-order chi connectivity index (χ1) is 7.24. The zero-order valence-corrected chi connectivity index (χ0v) is 9.02. The van der Waals surface area contributed by atoms with Gasteiger partial charge in [-0.15, -0.1) is 0 Å². The van der Waals surface area contributed by atoms with Crippen LogP contribution >= 0.6 is 0 Å². The average Bonchev–Trinajstić information content (AvgIpc) is 2.25. The van der Waals surface area contributed by atoms with Gasteiger partial charge in [0, 0.05) is 0 Å². The minimum Gasteiger partial charge on any atom is -0.494 e. The van der Waals surface area contributed by atoms with E-state index in [0.29, 0.717) is 5.46 Å². The fourth-order valence-electron chi connectivity index (χ4n) is 1.28. The zero-order chi connectivity index (χ0) is 11.1. The highest BCUT2D eigenvalue weighted by Gasteiger charge is 2.09. The van der Waals surface area contributed by atoms with Crippen molar-refractivity contribution in [2.45, 2.75) is 26.2 Å². The van der Waals surface area contributed by atoms with E-state index in [1.807, 2.05) is 0 Å². The summed E-state index contributed by atoms with van der Waals surface area (Å²) in [6.45, 7) is 2.87. The summed E-state index contributed by atoms with van der Waals surface area (Å²) in [7, 11) is -1.40. The second kappa shape index (κ2) is 6.48. The molecule has 0 amide bonds. The molecule has 15 heavy (non-hydrogen) atoms. The van der Waals surface area contributed by atoms with E-state index in [1.54, 1.807) is 24.3 Å². The molecule has 0 bridgehead atoms. The van der Waals surface area contributed by atoms with Crippen molar-refractivity contribution in [2.24, 2.45) is 0 Å². The molecule has 3 nitrogen and oxygen atoms in total. The highest BCUT2D eigenvalue weighted by molar-refractivity contribution is 6.58. The van der Waals surface area contributed by atoms with Crippen molar-refractivity contribution in [3.8, 4) is 5.75 Å². The first-order valence-electron chi connectivity index (χ1n) is 5.33. The van der Waals surface area contributed by atoms with Crippen LogP contribution in [-0.4, -0.2) is 23.8 Å². The van der Waals surface area contributed by atoms with E-state index in [4.69, 9.17) is 14.8 Å². The number of unbranched alkanes of at least 4 members (excludes halogenated alkanes) is 2. The van der Waals surface area contributed by atoms with Crippen molar-refractivity contribution >= 4 is 12.6 Å². The Morgan fingerprint density at radius 3 is 2.33 bits per heavy atom. The normalized spacial score (nSPS) is 10.1. The summed E-state index contributed by atoms with van der Waals surface area (Å²) in [5, 5.41) is 17.8. The molecule has 1 rings (SSSR count). The number of benzene rings is 1. The topological polar surface area (TPSA) is 49.7 Å². The molecule has 1 aromatic carbocycles. The van der Waals surface area contributed by atoms with Gasteiger partial charge in [0.15, 0.2) is 0 Å². The monoisotopic (exact) mass is 208 g/mol. The van der Waals surface area contributed by atoms with E-state index in [1.165, 1.54) is 12.8 Å². The third-order valence-corrected chi connectivity index (χ3v) is 2.19. The maximum atomic E-state index is 8.88. The van der Waals surface area contributed by atoms with Gasteiger partial charge in [0.25, 0.3) is 0 Å². The molecule has 0 saturated heterocycles. The number of hydrogen-bond donors (Lipinski definition) is 2. The zero-order valence-electron chi connectivity index (χ0n) is 9.02. The minimum absolute atomic E-state index is 0.482. The molecule has 0 aliphatic rings. The minimum atomic E-state index is -1.40. The molecule has 0 heterocycles. The Kier molecular flexibility index (Phi) is 5.22. The van der Waals surface area contributed by atoms with Gasteiger partial charge in [-0.1, -0.05) is 31.9 Å². The molecule has 0 unspecified atom stereocenters. The molecule has 1 aromatic rings. The lowest BCUT2D eigenvalue weighted by atomic mass is 9.80. The van der Waals surface area contributed by atoms with Gasteiger partial charge in [-0.2, -0.15) is 0 Å². The third kappa shape index (κ3) is 4.36. The largest absolute Gasteiger partial charge is 0.494 e. The smallest absolute Gasteiger partial charge is 0.488 e. The van der Waals surface area contributed by atoms with Crippen LogP contribution in [0.5, 0.6) is 5.75 Å². The number of rotatable bonds is 6. The van der Waals surface area contributed by atoms with Crippen molar-refractivity contribution in [3.63, 3.8) is 0 Å². The van der Waals surface area contributed by atoms with Crippen LogP contribution in [0.1, 0.15) is 26.2 Å². The van der Waals surface area contributed by atoms with Crippen LogP contribution in [0.3, 0.4) is 0 Å². The van der Waals surface area contributed by atoms with Gasteiger partial charge in [0.05, 0.1) is 6.61 Å². The third-order valence-electron chi connectivity index (χ3n) is 2.19. The van der Waals surface area contributed by atoms with Gasteiger partial charge in [-0.3, -0.25) is 0 Å². The summed E-state index contributed by atoms with van der Waals surface area (Å²) in [6.07, 6.45) is 3.41. The lowest BCUT2D eigenvalue weighted by Gasteiger charge is -2.06. The van der Waals surface area contributed by atoms with Crippen molar-refractivity contribution in [1.29, 1.82) is 0 Å². The summed E-state index contributed by atoms with van der Waals surface area (Å²) in [4.78, 5) is 0. The van der Waals surface area contributed by atoms with Gasteiger partial charge < -0.3 is 14.8 Å². The first-order valence-corrected chi connectivity index (χ1v) is 5.33. The SMILES string of the molecule is CCCCCOc1ccc(B(O)O)cc1. The predicted molar refractivity (Wildman–Crippen MR) is 61.3 cm³/mol. The number of ether oxygens (including phenoxy) is 1. The Labute approximate surface area is 90.9 Å². The Balaban J connectivity index is 2.36. The van der Waals surface area contributed by atoms with Crippen LogP contribution < -0.4 is 10.2 Å². The fraction of sp³-hybridized carbons (Fsp3) is 0.455. The van der Waals surface area contributed by atoms with Crippen LogP contribution in [0.4, 0.5) is 0 Å². The molecule has 0 spiro atoms. The van der Waals surface area contributed by atoms with Gasteiger partial charge in [-0.25, -0.2) is 0 Å². The van der Waals surface area contributed by atoms with Gasteiger partial charge in [0.2, 0.25) is 0 Å². The number of hydrogen-bond acceptors (Lipinski definition) is 3. The van der Waals surface area contributed by atoms with Crippen molar-refractivity contribution in [3.05, 3.63) is 24.3 Å². The first kappa shape index (κ1) is 12.1. The predicted octanol–water partition coefficient (Wildman–Crippen LogP) is 0.935. The Morgan fingerprint density at radius 2 is 1.80 bits per heavy atom. The molecule has 0 saturated carbocycles. The Hall–Kier alpha value is -0.995. The molecular weight excluding hydrogens is 191 g/mol. The van der Waals surface area contributed by atoms with Crippen molar-refractivity contribution in [2.75, 3.05) is 6.61 Å². The van der Waals surface area contributed by atoms with E-state index in [0.717, 1.165) is 18.8 Å². The molecular formula is C11H17BO3. The van der Waals surface area contributed by atoms with Crippen molar-refractivity contribution in [1.82, 2.24) is 0 Å². The fourth-order valence-corrected chi connectivity index (χ4v) is 1.28. The maximum Gasteiger partial charge on any atom is 0.488 e. The molecule has 2 N–H and O–H groups in total. The van der Waals surface area contributed by atoms with E-state index < -0.39 is 7.12 Å². The standard InChI is InChI=1S/C11H17BO3/c1-2-3-4-9-15-11-7-5-10(6-8-11)12(13)14/h5-8,13-14H,2-4,9H2,1H3. The van der Waals surface area contributed by atoms with E-state index in [9.17, 15) is 0 Å². The lowest BCUT2D eigenvalue weighted by molar-refractivity contribution is 0.306. The second-order valence-electron chi connectivity index (χ2n) is 3.50. The maximum absolute atomic E-state index is 8.88. The highest BCUT2D eigenvalue weighted by atomic mass is 16.5. The average molecular weight is 208 g/mol. The quantitative estimate of drug-likeness (QED) is 0.540.